The molecule has 0 bridgehead atoms. The zero-order valence-electron chi connectivity index (χ0n) is 26.3. The fraction of sp³-hybridized carbons (Fsp3) is 0.353. The number of nitrogens with two attached hydrogens (primary N) is 1. The van der Waals surface area contributed by atoms with Gasteiger partial charge in [0.1, 0.15) is 23.2 Å². The lowest BCUT2D eigenvalue weighted by molar-refractivity contribution is 0.0615. The van der Waals surface area contributed by atoms with Gasteiger partial charge in [0.05, 0.1) is 19.3 Å². The van der Waals surface area contributed by atoms with Gasteiger partial charge in [0.2, 0.25) is 0 Å². The third-order valence-electron chi connectivity index (χ3n) is 8.53. The summed E-state index contributed by atoms with van der Waals surface area (Å²) in [5.74, 6) is 1.09. The first-order valence-electron chi connectivity index (χ1n) is 15.6. The van der Waals surface area contributed by atoms with Gasteiger partial charge in [-0.15, -0.1) is 12.4 Å². The smallest absolute Gasteiger partial charge is 0.253 e. The molecule has 11 nitrogen and oxygen atoms in total. The van der Waals surface area contributed by atoms with Crippen LogP contribution in [0.4, 0.5) is 21.7 Å². The van der Waals surface area contributed by atoms with Crippen molar-refractivity contribution in [2.45, 2.75) is 18.9 Å². The lowest BCUT2D eigenvalue weighted by atomic mass is 10.00. The Morgan fingerprint density at radius 1 is 1.06 bits per heavy atom. The number of nitrogens with zero attached hydrogens (tertiary/aromatic N) is 6. The second-order valence-corrected chi connectivity index (χ2v) is 11.6. The highest BCUT2D eigenvalue weighted by Gasteiger charge is 2.24. The molecule has 0 radical (unpaired) electrons. The summed E-state index contributed by atoms with van der Waals surface area (Å²) in [6.07, 6.45) is 5.32. The minimum absolute atomic E-state index is 0. The molecule has 47 heavy (non-hydrogen) atoms. The van der Waals surface area contributed by atoms with Gasteiger partial charge in [0.15, 0.2) is 5.82 Å². The number of pyridine rings is 1. The number of aliphatic hydroxyl groups excluding tert-OH is 1. The highest BCUT2D eigenvalue weighted by Crippen LogP contribution is 2.35. The molecule has 2 aliphatic heterocycles. The standard InChI is InChI=1S/C34H39FN8O3.ClH/c1-46-29-6-2-5-27(35)32(29)33-37-12-11-30(40-33)39-31-20-28(43-13-3-4-25(36)22-43)26(21-38-31)23-7-9-24(10-8-23)34(45)42-16-14-41(15-17-42)18-19-44;/h2,5-12,20-21,25,44H,3-4,13-19,22,36H2,1H3,(H,37,38,39,40);1H/t25-;/m0./s1. The van der Waals surface area contributed by atoms with E-state index >= 15 is 0 Å². The van der Waals surface area contributed by atoms with Gasteiger partial charge in [-0.05, 0) is 48.7 Å². The van der Waals surface area contributed by atoms with Crippen LogP contribution in [0.3, 0.4) is 0 Å². The summed E-state index contributed by atoms with van der Waals surface area (Å²) in [5, 5.41) is 12.5. The molecule has 13 heteroatoms. The maximum absolute atomic E-state index is 14.7. The maximum Gasteiger partial charge on any atom is 0.253 e. The van der Waals surface area contributed by atoms with Crippen molar-refractivity contribution in [3.8, 4) is 28.3 Å². The van der Waals surface area contributed by atoms with E-state index in [0.717, 1.165) is 49.3 Å². The number of anilines is 3. The molecule has 1 amide bonds. The number of methoxy groups -OCH3 is 1. The van der Waals surface area contributed by atoms with Crippen molar-refractivity contribution in [2.75, 3.05) is 69.7 Å². The van der Waals surface area contributed by atoms with Crippen LogP contribution in [0.15, 0.2) is 67.0 Å². The molecule has 4 aromatic rings. The van der Waals surface area contributed by atoms with Crippen molar-refractivity contribution in [3.05, 3.63) is 78.4 Å². The van der Waals surface area contributed by atoms with E-state index in [4.69, 9.17) is 15.5 Å². The third kappa shape index (κ3) is 7.79. The van der Waals surface area contributed by atoms with Gasteiger partial charge in [-0.25, -0.2) is 19.3 Å². The number of ether oxygens (including phenoxy) is 1. The van der Waals surface area contributed by atoms with Gasteiger partial charge in [-0.2, -0.15) is 0 Å². The normalized spacial score (nSPS) is 16.8. The van der Waals surface area contributed by atoms with Gasteiger partial charge in [0, 0.05) is 87.1 Å². The zero-order valence-corrected chi connectivity index (χ0v) is 27.1. The van der Waals surface area contributed by atoms with Gasteiger partial charge < -0.3 is 30.7 Å². The zero-order chi connectivity index (χ0) is 32.0. The second kappa shape index (κ2) is 15.5. The first kappa shape index (κ1) is 34.0. The van der Waals surface area contributed by atoms with E-state index in [0.29, 0.717) is 49.1 Å². The van der Waals surface area contributed by atoms with E-state index < -0.39 is 5.82 Å². The van der Waals surface area contributed by atoms with Crippen LogP contribution in [-0.2, 0) is 0 Å². The maximum atomic E-state index is 14.7. The van der Waals surface area contributed by atoms with E-state index in [2.05, 4.69) is 25.1 Å². The minimum atomic E-state index is -0.476. The van der Waals surface area contributed by atoms with Crippen LogP contribution in [0, 0.1) is 5.82 Å². The van der Waals surface area contributed by atoms with Gasteiger partial charge >= 0.3 is 0 Å². The van der Waals surface area contributed by atoms with E-state index in [1.54, 1.807) is 24.4 Å². The molecule has 0 saturated carbocycles. The Morgan fingerprint density at radius 3 is 2.57 bits per heavy atom. The number of aromatic nitrogens is 3. The number of hydrogen-bond donors (Lipinski definition) is 3. The number of piperidine rings is 1. The molecule has 0 unspecified atom stereocenters. The molecule has 2 saturated heterocycles. The van der Waals surface area contributed by atoms with Gasteiger partial charge in [-0.1, -0.05) is 18.2 Å². The predicted molar refractivity (Wildman–Crippen MR) is 183 cm³/mol. The summed E-state index contributed by atoms with van der Waals surface area (Å²) in [7, 11) is 1.48. The van der Waals surface area contributed by atoms with E-state index in [9.17, 15) is 14.3 Å². The van der Waals surface area contributed by atoms with Crippen LogP contribution in [0.25, 0.3) is 22.5 Å². The van der Waals surface area contributed by atoms with Crippen molar-refractivity contribution in [3.63, 3.8) is 0 Å². The highest BCUT2D eigenvalue weighted by molar-refractivity contribution is 5.95. The Morgan fingerprint density at radius 2 is 1.85 bits per heavy atom. The number of carbonyl (C=O) groups excluding carboxylic acids is 1. The number of halogens is 2. The third-order valence-corrected chi connectivity index (χ3v) is 8.53. The number of aliphatic hydroxyl groups is 1. The number of nitrogens with one attached hydrogen (secondary N) is 1. The predicted octanol–water partition coefficient (Wildman–Crippen LogP) is 4.20. The summed E-state index contributed by atoms with van der Waals surface area (Å²) >= 11 is 0. The molecule has 0 spiro atoms. The molecule has 6 rings (SSSR count). The molecule has 2 fully saturated rings. The molecule has 2 aliphatic rings. The monoisotopic (exact) mass is 662 g/mol. The van der Waals surface area contributed by atoms with Crippen LogP contribution in [0.2, 0.25) is 0 Å². The molecule has 4 N–H and O–H groups in total. The van der Waals surface area contributed by atoms with E-state index in [1.807, 2.05) is 41.4 Å². The number of β-amino-alcohol motifs (C(OH)–C–C–N with tert-alkyl or cyclic N) is 1. The molecule has 4 heterocycles. The Balaban J connectivity index is 0.00000433. The van der Waals surface area contributed by atoms with Crippen molar-refractivity contribution in [1.82, 2.24) is 24.8 Å². The summed E-state index contributed by atoms with van der Waals surface area (Å²) in [4.78, 5) is 33.1. The number of benzene rings is 2. The quantitative estimate of drug-likeness (QED) is 0.240. The molecular weight excluding hydrogens is 623 g/mol. The Kier molecular flexibility index (Phi) is 11.2. The van der Waals surface area contributed by atoms with E-state index in [1.165, 1.54) is 13.2 Å². The van der Waals surface area contributed by atoms with Crippen LogP contribution in [-0.4, -0.2) is 101 Å². The number of hydrogen-bond acceptors (Lipinski definition) is 10. The van der Waals surface area contributed by atoms with Crippen molar-refractivity contribution < 1.29 is 19.0 Å². The Bertz CT molecular complexity index is 1670. The summed E-state index contributed by atoms with van der Waals surface area (Å²) in [6, 6.07) is 16.0. The summed E-state index contributed by atoms with van der Waals surface area (Å²) in [5.41, 5.74) is 10.0. The van der Waals surface area contributed by atoms with Crippen molar-refractivity contribution in [1.29, 1.82) is 0 Å². The van der Waals surface area contributed by atoms with Crippen LogP contribution >= 0.6 is 12.4 Å². The summed E-state index contributed by atoms with van der Waals surface area (Å²) < 4.78 is 20.1. The topological polar surface area (TPSA) is 133 Å². The highest BCUT2D eigenvalue weighted by atomic mass is 35.5. The van der Waals surface area contributed by atoms with Crippen LogP contribution in [0.5, 0.6) is 5.75 Å². The fourth-order valence-electron chi connectivity index (χ4n) is 6.09. The average Bonchev–Trinajstić information content (AvgIpc) is 3.08. The van der Waals surface area contributed by atoms with Crippen LogP contribution < -0.4 is 20.7 Å². The molecule has 1 atom stereocenters. The van der Waals surface area contributed by atoms with E-state index in [-0.39, 0.29) is 42.4 Å². The molecular formula is C34H40ClFN8O3. The second-order valence-electron chi connectivity index (χ2n) is 11.6. The molecule has 2 aromatic carbocycles. The fourth-order valence-corrected chi connectivity index (χ4v) is 6.09. The number of piperazine rings is 1. The minimum Gasteiger partial charge on any atom is -0.496 e. The molecule has 2 aromatic heterocycles. The van der Waals surface area contributed by atoms with Crippen molar-refractivity contribution >= 4 is 35.6 Å². The molecule has 0 aliphatic carbocycles. The first-order chi connectivity index (χ1) is 22.4. The average molecular weight is 663 g/mol. The van der Waals surface area contributed by atoms with Crippen molar-refractivity contribution in [2.24, 2.45) is 5.73 Å². The van der Waals surface area contributed by atoms with Gasteiger partial charge in [0.25, 0.3) is 5.91 Å². The number of rotatable bonds is 9. The Labute approximate surface area is 280 Å². The number of amides is 1. The largest absolute Gasteiger partial charge is 0.496 e. The SMILES string of the molecule is COc1cccc(F)c1-c1nccc(Nc2cc(N3CCC[C@H](N)C3)c(-c3ccc(C(=O)N4CCN(CCO)CC4)cc3)cn2)n1.Cl. The van der Waals surface area contributed by atoms with Gasteiger partial charge in [-0.3, -0.25) is 9.69 Å². The Hall–Kier alpha value is -4.36. The number of carbonyl (C=O) groups is 1. The lowest BCUT2D eigenvalue weighted by Crippen LogP contribution is -2.49. The lowest BCUT2D eigenvalue weighted by Gasteiger charge is -2.34. The summed E-state index contributed by atoms with van der Waals surface area (Å²) in [6.45, 7) is 5.11. The van der Waals surface area contributed by atoms with Crippen LogP contribution in [0.1, 0.15) is 23.2 Å². The first-order valence-corrected chi connectivity index (χ1v) is 15.6. The molecule has 248 valence electrons.